The number of nitrogens with zero attached hydrogens (tertiary/aromatic N) is 3. The van der Waals surface area contributed by atoms with Gasteiger partial charge < -0.3 is 20.1 Å². The Labute approximate surface area is 332 Å². The molecule has 3 N–H and O–H groups in total. The number of likely N-dealkylation sites (tertiary alicyclic amines) is 1. The van der Waals surface area contributed by atoms with Crippen LogP contribution < -0.4 is 14.8 Å². The van der Waals surface area contributed by atoms with Crippen LogP contribution in [0, 0.1) is 5.92 Å². The minimum absolute atomic E-state index is 0.0871. The number of thiophene rings is 1. The van der Waals surface area contributed by atoms with Crippen LogP contribution in [0.2, 0.25) is 0 Å². The lowest BCUT2D eigenvalue weighted by molar-refractivity contribution is -0.144. The third-order valence-electron chi connectivity index (χ3n) is 9.31. The summed E-state index contributed by atoms with van der Waals surface area (Å²) in [4.78, 5) is 62.5. The molecule has 0 aliphatic carbocycles. The van der Waals surface area contributed by atoms with Crippen LogP contribution in [0.1, 0.15) is 79.9 Å². The topological polar surface area (TPSA) is 185 Å². The molecular formula is C41H49N5O8S2. The van der Waals surface area contributed by atoms with E-state index in [1.165, 1.54) is 41.9 Å². The van der Waals surface area contributed by atoms with E-state index < -0.39 is 51.4 Å². The molecule has 5 rings (SSSR count). The molecule has 2 aromatic heterocycles. The summed E-state index contributed by atoms with van der Waals surface area (Å²) >= 11 is 1.35. The number of sulfonamides is 1. The number of carboxylic acid groups (broad SMARTS) is 1. The molecule has 13 nitrogen and oxygen atoms in total. The molecule has 1 atom stereocenters. The van der Waals surface area contributed by atoms with Crippen molar-refractivity contribution < 1.29 is 37.4 Å². The lowest BCUT2D eigenvalue weighted by Gasteiger charge is -2.40. The first-order chi connectivity index (χ1) is 26.6. The van der Waals surface area contributed by atoms with Crippen molar-refractivity contribution in [1.82, 2.24) is 24.9 Å². The van der Waals surface area contributed by atoms with Crippen LogP contribution >= 0.6 is 11.3 Å². The van der Waals surface area contributed by atoms with E-state index in [-0.39, 0.29) is 24.9 Å². The van der Waals surface area contributed by atoms with Crippen molar-refractivity contribution in [2.45, 2.75) is 77.7 Å². The van der Waals surface area contributed by atoms with Crippen molar-refractivity contribution in [1.29, 1.82) is 0 Å². The average Bonchev–Trinajstić information content (AvgIpc) is 3.64. The zero-order valence-electron chi connectivity index (χ0n) is 32.1. The van der Waals surface area contributed by atoms with Gasteiger partial charge in [-0.2, -0.15) is 0 Å². The largest absolute Gasteiger partial charge is 0.494 e. The normalized spacial score (nSPS) is 13.8. The Hall–Kier alpha value is -5.15. The molecule has 1 fully saturated rings. The maximum Gasteiger partial charge on any atom is 0.320 e. The predicted molar refractivity (Wildman–Crippen MR) is 215 cm³/mol. The van der Waals surface area contributed by atoms with Gasteiger partial charge in [0.2, 0.25) is 21.8 Å². The molecular weight excluding hydrogens is 755 g/mol. The lowest BCUT2D eigenvalue weighted by atomic mass is 9.95. The van der Waals surface area contributed by atoms with E-state index in [2.05, 4.69) is 22.2 Å². The van der Waals surface area contributed by atoms with Gasteiger partial charge >= 0.3 is 5.97 Å². The van der Waals surface area contributed by atoms with Crippen molar-refractivity contribution in [3.63, 3.8) is 0 Å². The molecule has 56 heavy (non-hydrogen) atoms. The summed E-state index contributed by atoms with van der Waals surface area (Å²) in [6.07, 6.45) is 9.59. The third kappa shape index (κ3) is 11.7. The number of carbonyl (C=O) groups is 4. The molecule has 1 saturated heterocycles. The van der Waals surface area contributed by atoms with Crippen molar-refractivity contribution >= 4 is 45.1 Å². The van der Waals surface area contributed by atoms with Crippen molar-refractivity contribution in [2.24, 2.45) is 5.92 Å². The molecule has 0 bridgehead atoms. The van der Waals surface area contributed by atoms with Crippen molar-refractivity contribution in [2.75, 3.05) is 25.4 Å². The predicted octanol–water partition coefficient (Wildman–Crippen LogP) is 5.85. The van der Waals surface area contributed by atoms with E-state index in [0.29, 0.717) is 17.3 Å². The first kappa shape index (κ1) is 42.0. The van der Waals surface area contributed by atoms with E-state index in [9.17, 15) is 27.6 Å². The fourth-order valence-corrected chi connectivity index (χ4v) is 7.90. The van der Waals surface area contributed by atoms with Gasteiger partial charge in [-0.05, 0) is 47.2 Å². The Balaban J connectivity index is 1.23. The Kier molecular flexibility index (Phi) is 14.0. The summed E-state index contributed by atoms with van der Waals surface area (Å²) in [6.45, 7) is 8.87. The summed E-state index contributed by atoms with van der Waals surface area (Å²) in [5.41, 5.74) is 3.18. The minimum Gasteiger partial charge on any atom is -0.494 e. The summed E-state index contributed by atoms with van der Waals surface area (Å²) in [5, 5.41) is 11.7. The standard InChI is InChI=1S/C41H49N5O8S2/c1-5-6-7-8-9-20-54-32-16-14-28(15-17-32)30-22-42-37(43-23-30)29-12-10-27(11-13-29)21-33(44-39(50)34-18-19-35(55-34)41(2,3)4)40(51)46-24-31(25-46)38(49)45-56(52,53)26-36(47)48/h10-19,22-23,31,33H,5-9,20-21,24-26H2,1-4H3,(H,44,50)(H,45,49)(H,47,48)/t33-/m0/s1. The van der Waals surface area contributed by atoms with Gasteiger partial charge in [-0.25, -0.2) is 18.4 Å². The van der Waals surface area contributed by atoms with Crippen LogP contribution in [-0.2, 0) is 36.2 Å². The highest BCUT2D eigenvalue weighted by atomic mass is 32.2. The first-order valence-corrected chi connectivity index (χ1v) is 21.2. The molecule has 298 valence electrons. The molecule has 0 unspecified atom stereocenters. The Morgan fingerprint density at radius 2 is 1.54 bits per heavy atom. The average molecular weight is 804 g/mol. The number of aliphatic carboxylic acids is 1. The quantitative estimate of drug-likeness (QED) is 0.103. The van der Waals surface area contributed by atoms with Crippen LogP contribution in [0.3, 0.4) is 0 Å². The first-order valence-electron chi connectivity index (χ1n) is 18.7. The summed E-state index contributed by atoms with van der Waals surface area (Å²) < 4.78 is 31.5. The molecule has 2 aromatic carbocycles. The number of unbranched alkanes of at least 4 members (excludes halogenated alkanes) is 4. The fourth-order valence-electron chi connectivity index (χ4n) is 6.06. The van der Waals surface area contributed by atoms with Crippen LogP contribution in [0.15, 0.2) is 73.1 Å². The van der Waals surface area contributed by atoms with Crippen molar-refractivity contribution in [3.05, 3.63) is 88.4 Å². The lowest BCUT2D eigenvalue weighted by Crippen LogP contribution is -2.61. The number of amides is 3. The highest BCUT2D eigenvalue weighted by Gasteiger charge is 2.40. The Bertz CT molecular complexity index is 2090. The van der Waals surface area contributed by atoms with E-state index in [0.717, 1.165) is 39.3 Å². The van der Waals surface area contributed by atoms with Crippen LogP contribution in [0.5, 0.6) is 5.75 Å². The van der Waals surface area contributed by atoms with Gasteiger partial charge in [0.1, 0.15) is 11.8 Å². The highest BCUT2D eigenvalue weighted by molar-refractivity contribution is 7.90. The number of carboxylic acids is 1. The number of hydrogen-bond donors (Lipinski definition) is 3. The van der Waals surface area contributed by atoms with E-state index >= 15 is 0 Å². The third-order valence-corrected chi connectivity index (χ3v) is 12.0. The summed E-state index contributed by atoms with van der Waals surface area (Å²) in [7, 11) is -4.37. The Morgan fingerprint density at radius 1 is 0.893 bits per heavy atom. The summed E-state index contributed by atoms with van der Waals surface area (Å²) in [6, 6.07) is 17.9. The molecule has 3 amide bonds. The second-order valence-corrected chi connectivity index (χ2v) is 17.8. The number of hydrogen-bond acceptors (Lipinski definition) is 10. The van der Waals surface area contributed by atoms with Gasteiger partial charge in [0.25, 0.3) is 5.91 Å². The van der Waals surface area contributed by atoms with E-state index in [1.807, 2.05) is 75.4 Å². The molecule has 0 saturated carbocycles. The van der Waals surface area contributed by atoms with Gasteiger partial charge in [0, 0.05) is 47.9 Å². The van der Waals surface area contributed by atoms with Gasteiger partial charge in [-0.1, -0.05) is 89.8 Å². The Morgan fingerprint density at radius 3 is 2.14 bits per heavy atom. The number of benzene rings is 2. The smallest absolute Gasteiger partial charge is 0.320 e. The number of rotatable bonds is 18. The SMILES string of the molecule is CCCCCCCOc1ccc(-c2cnc(-c3ccc(C[C@H](NC(=O)c4ccc(C(C)(C)C)s4)C(=O)N4CC(C(=O)NS(=O)(=O)CC(=O)O)C4)cc3)nc2)cc1. The van der Waals surface area contributed by atoms with Crippen LogP contribution in [0.25, 0.3) is 22.5 Å². The second-order valence-electron chi connectivity index (χ2n) is 15.0. The molecule has 0 radical (unpaired) electrons. The number of aromatic nitrogens is 2. The number of nitrogens with one attached hydrogen (secondary N) is 2. The zero-order chi connectivity index (χ0) is 40.5. The molecule has 15 heteroatoms. The van der Waals surface area contributed by atoms with Gasteiger partial charge in [0.15, 0.2) is 11.6 Å². The van der Waals surface area contributed by atoms with Crippen LogP contribution in [0.4, 0.5) is 0 Å². The fraction of sp³-hybridized carbons (Fsp3) is 0.415. The molecule has 1 aliphatic rings. The molecule has 4 aromatic rings. The minimum atomic E-state index is -4.37. The molecule has 3 heterocycles. The number of ether oxygens (including phenoxy) is 1. The van der Waals surface area contributed by atoms with E-state index in [4.69, 9.17) is 9.84 Å². The monoisotopic (exact) mass is 803 g/mol. The van der Waals surface area contributed by atoms with Gasteiger partial charge in [-0.3, -0.25) is 23.9 Å². The van der Waals surface area contributed by atoms with Gasteiger partial charge in [0.05, 0.1) is 17.4 Å². The summed E-state index contributed by atoms with van der Waals surface area (Å²) in [5.74, 6) is -4.08. The second kappa shape index (κ2) is 18.7. The van der Waals surface area contributed by atoms with Crippen LogP contribution in [-0.4, -0.2) is 83.6 Å². The maximum atomic E-state index is 13.8. The molecule has 0 spiro atoms. The highest BCUT2D eigenvalue weighted by Crippen LogP contribution is 2.30. The van der Waals surface area contributed by atoms with Gasteiger partial charge in [-0.15, -0.1) is 11.3 Å². The zero-order valence-corrected chi connectivity index (χ0v) is 33.8. The maximum absolute atomic E-state index is 13.8. The van der Waals surface area contributed by atoms with Crippen molar-refractivity contribution in [3.8, 4) is 28.3 Å². The number of carbonyl (C=O) groups excluding carboxylic acids is 3. The van der Waals surface area contributed by atoms with E-state index in [1.54, 1.807) is 23.2 Å². The molecule has 1 aliphatic heterocycles.